The summed E-state index contributed by atoms with van der Waals surface area (Å²) in [5.74, 6) is -0.270. The predicted molar refractivity (Wildman–Crippen MR) is 89.1 cm³/mol. The molecule has 0 amide bonds. The molecule has 0 aliphatic carbocycles. The van der Waals surface area contributed by atoms with Crippen LogP contribution in [0, 0.1) is 5.82 Å². The number of nitrogen functional groups attached to an aromatic ring is 1. The van der Waals surface area contributed by atoms with Crippen molar-refractivity contribution in [3.63, 3.8) is 0 Å². The van der Waals surface area contributed by atoms with Crippen LogP contribution in [-0.4, -0.2) is 15.2 Å². The molecule has 0 spiro atoms. The average molecular weight is 304 g/mol. The minimum absolute atomic E-state index is 0.270. The summed E-state index contributed by atoms with van der Waals surface area (Å²) in [6.07, 6.45) is 1.75. The van der Waals surface area contributed by atoms with E-state index >= 15 is 0 Å². The van der Waals surface area contributed by atoms with E-state index in [2.05, 4.69) is 15.2 Å². The minimum atomic E-state index is -0.270. The van der Waals surface area contributed by atoms with Crippen molar-refractivity contribution in [2.75, 3.05) is 5.73 Å². The second-order valence-electron chi connectivity index (χ2n) is 5.29. The first-order valence-corrected chi connectivity index (χ1v) is 7.17. The average Bonchev–Trinajstić information content (AvgIpc) is 2.99. The zero-order valence-corrected chi connectivity index (χ0v) is 12.1. The second kappa shape index (κ2) is 5.21. The van der Waals surface area contributed by atoms with Crippen molar-refractivity contribution in [1.82, 2.24) is 15.2 Å². The molecule has 0 saturated heterocycles. The first-order valence-electron chi connectivity index (χ1n) is 7.17. The molecule has 2 aromatic carbocycles. The van der Waals surface area contributed by atoms with Gasteiger partial charge in [0, 0.05) is 34.0 Å². The molecule has 0 aliphatic rings. The van der Waals surface area contributed by atoms with Crippen LogP contribution >= 0.6 is 0 Å². The third-order valence-corrected chi connectivity index (χ3v) is 3.81. The Morgan fingerprint density at radius 2 is 1.74 bits per heavy atom. The largest absolute Gasteiger partial charge is 0.398 e. The number of aromatic amines is 1. The van der Waals surface area contributed by atoms with Crippen LogP contribution < -0.4 is 5.73 Å². The van der Waals surface area contributed by atoms with Crippen molar-refractivity contribution in [2.45, 2.75) is 0 Å². The zero-order valence-electron chi connectivity index (χ0n) is 12.1. The van der Waals surface area contributed by atoms with E-state index in [1.165, 1.54) is 12.1 Å². The van der Waals surface area contributed by atoms with Gasteiger partial charge < -0.3 is 5.73 Å². The van der Waals surface area contributed by atoms with Gasteiger partial charge >= 0.3 is 0 Å². The van der Waals surface area contributed by atoms with Crippen LogP contribution in [0.15, 0.2) is 60.8 Å². The van der Waals surface area contributed by atoms with Gasteiger partial charge in [0.05, 0.1) is 5.69 Å². The van der Waals surface area contributed by atoms with Crippen LogP contribution in [0.3, 0.4) is 0 Å². The number of anilines is 1. The van der Waals surface area contributed by atoms with Gasteiger partial charge in [0.25, 0.3) is 0 Å². The maximum atomic E-state index is 13.1. The summed E-state index contributed by atoms with van der Waals surface area (Å²) in [7, 11) is 0. The number of pyridine rings is 1. The molecule has 3 N–H and O–H groups in total. The number of aromatic nitrogens is 3. The Hall–Kier alpha value is -3.21. The lowest BCUT2D eigenvalue weighted by molar-refractivity contribution is 0.628. The number of fused-ring (bicyclic) bond motifs is 1. The van der Waals surface area contributed by atoms with Crippen LogP contribution in [0.4, 0.5) is 10.1 Å². The Balaban J connectivity index is 1.90. The molecule has 23 heavy (non-hydrogen) atoms. The molecule has 0 atom stereocenters. The van der Waals surface area contributed by atoms with Gasteiger partial charge in [0.15, 0.2) is 5.65 Å². The summed E-state index contributed by atoms with van der Waals surface area (Å²) in [6, 6.07) is 15.9. The Labute approximate surface area is 131 Å². The van der Waals surface area contributed by atoms with E-state index < -0.39 is 0 Å². The molecule has 2 aromatic heterocycles. The monoisotopic (exact) mass is 304 g/mol. The van der Waals surface area contributed by atoms with E-state index in [1.54, 1.807) is 18.3 Å². The molecule has 0 unspecified atom stereocenters. The lowest BCUT2D eigenvalue weighted by Crippen LogP contribution is -1.90. The molecule has 4 rings (SSSR count). The van der Waals surface area contributed by atoms with Crippen molar-refractivity contribution in [3.05, 3.63) is 66.6 Å². The summed E-state index contributed by atoms with van der Waals surface area (Å²) in [6.45, 7) is 0. The zero-order chi connectivity index (χ0) is 15.8. The lowest BCUT2D eigenvalue weighted by atomic mass is 10.0. The number of hydrogen-bond acceptors (Lipinski definition) is 3. The lowest BCUT2D eigenvalue weighted by Gasteiger charge is -2.05. The molecule has 0 radical (unpaired) electrons. The number of H-pyrrole nitrogens is 1. The van der Waals surface area contributed by atoms with Gasteiger partial charge in [-0.1, -0.05) is 18.2 Å². The van der Waals surface area contributed by atoms with Crippen LogP contribution in [0.5, 0.6) is 0 Å². The van der Waals surface area contributed by atoms with Gasteiger partial charge in [-0.05, 0) is 36.4 Å². The van der Waals surface area contributed by atoms with Crippen LogP contribution in [0.25, 0.3) is 33.4 Å². The molecule has 4 aromatic rings. The maximum Gasteiger partial charge on any atom is 0.181 e. The highest BCUT2D eigenvalue weighted by Crippen LogP contribution is 2.31. The number of hydrogen-bond donors (Lipinski definition) is 2. The highest BCUT2D eigenvalue weighted by molar-refractivity contribution is 5.94. The van der Waals surface area contributed by atoms with Crippen molar-refractivity contribution in [1.29, 1.82) is 0 Å². The number of rotatable bonds is 2. The van der Waals surface area contributed by atoms with Crippen molar-refractivity contribution in [2.24, 2.45) is 0 Å². The first kappa shape index (κ1) is 13.5. The predicted octanol–water partition coefficient (Wildman–Crippen LogP) is 4.01. The maximum absolute atomic E-state index is 13.1. The molecule has 0 bridgehead atoms. The number of para-hydroxylation sites is 1. The fourth-order valence-corrected chi connectivity index (χ4v) is 2.64. The summed E-state index contributed by atoms with van der Waals surface area (Å²) >= 11 is 0. The molecule has 0 saturated carbocycles. The fourth-order valence-electron chi connectivity index (χ4n) is 2.64. The molecule has 0 fully saturated rings. The van der Waals surface area contributed by atoms with Gasteiger partial charge in [0.1, 0.15) is 5.82 Å². The van der Waals surface area contributed by atoms with Crippen LogP contribution in [0.1, 0.15) is 0 Å². The van der Waals surface area contributed by atoms with E-state index in [4.69, 9.17) is 5.73 Å². The van der Waals surface area contributed by atoms with Crippen molar-refractivity contribution >= 4 is 16.7 Å². The molecule has 2 heterocycles. The van der Waals surface area contributed by atoms with Crippen LogP contribution in [0.2, 0.25) is 0 Å². The number of nitrogens with zero attached hydrogens (tertiary/aromatic N) is 2. The summed E-state index contributed by atoms with van der Waals surface area (Å²) < 4.78 is 13.1. The molecule has 5 heteroatoms. The summed E-state index contributed by atoms with van der Waals surface area (Å²) in [4.78, 5) is 4.39. The smallest absolute Gasteiger partial charge is 0.181 e. The molecular weight excluding hydrogens is 291 g/mol. The normalized spacial score (nSPS) is 11.0. The van der Waals surface area contributed by atoms with Gasteiger partial charge in [0.2, 0.25) is 0 Å². The molecule has 4 nitrogen and oxygen atoms in total. The van der Waals surface area contributed by atoms with E-state index in [0.29, 0.717) is 11.3 Å². The highest BCUT2D eigenvalue weighted by Gasteiger charge is 2.11. The number of nitrogens with two attached hydrogens (primary N) is 1. The van der Waals surface area contributed by atoms with E-state index in [9.17, 15) is 4.39 Å². The van der Waals surface area contributed by atoms with Gasteiger partial charge in [-0.15, -0.1) is 0 Å². The SMILES string of the molecule is Nc1ccccc1-c1cnc2n[nH]c(-c3ccc(F)cc3)c2c1. The Morgan fingerprint density at radius 3 is 2.52 bits per heavy atom. The van der Waals surface area contributed by atoms with Gasteiger partial charge in [-0.25, -0.2) is 9.37 Å². The van der Waals surface area contributed by atoms with E-state index in [1.807, 2.05) is 30.3 Å². The highest BCUT2D eigenvalue weighted by atomic mass is 19.1. The summed E-state index contributed by atoms with van der Waals surface area (Å²) in [5.41, 5.74) is 10.9. The molecule has 0 aliphatic heterocycles. The Kier molecular flexibility index (Phi) is 3.05. The van der Waals surface area contributed by atoms with Crippen LogP contribution in [-0.2, 0) is 0 Å². The van der Waals surface area contributed by atoms with Gasteiger partial charge in [-0.3, -0.25) is 5.10 Å². The number of halogens is 1. The minimum Gasteiger partial charge on any atom is -0.398 e. The van der Waals surface area contributed by atoms with Gasteiger partial charge in [-0.2, -0.15) is 5.10 Å². The molecular formula is C18H13FN4. The van der Waals surface area contributed by atoms with E-state index in [0.717, 1.165) is 27.8 Å². The first-order chi connectivity index (χ1) is 11.2. The molecule has 112 valence electrons. The fraction of sp³-hybridized carbons (Fsp3) is 0. The quantitative estimate of drug-likeness (QED) is 0.550. The Bertz CT molecular complexity index is 990. The third-order valence-electron chi connectivity index (χ3n) is 3.81. The second-order valence-corrected chi connectivity index (χ2v) is 5.29. The van der Waals surface area contributed by atoms with Crippen molar-refractivity contribution in [3.8, 4) is 22.4 Å². The van der Waals surface area contributed by atoms with Crippen molar-refractivity contribution < 1.29 is 4.39 Å². The third kappa shape index (κ3) is 2.32. The van der Waals surface area contributed by atoms with E-state index in [-0.39, 0.29) is 5.82 Å². The topological polar surface area (TPSA) is 67.6 Å². The number of nitrogens with one attached hydrogen (secondary N) is 1. The standard InChI is InChI=1S/C18H13FN4/c19-13-7-5-11(6-8-13)17-15-9-12(10-21-18(15)23-22-17)14-3-1-2-4-16(14)20/h1-10H,20H2,(H,21,22,23). The Morgan fingerprint density at radius 1 is 0.957 bits per heavy atom. The summed E-state index contributed by atoms with van der Waals surface area (Å²) in [5, 5.41) is 8.06. The number of benzene rings is 2.